The Balaban J connectivity index is 1.87. The van der Waals surface area contributed by atoms with Crippen LogP contribution in [0.2, 0.25) is 0 Å². The molecule has 0 aliphatic heterocycles. The molecular weight excluding hydrogens is 316 g/mol. The molecular formula is C16H16N2O6. The van der Waals surface area contributed by atoms with E-state index < -0.39 is 11.0 Å². The average molecular weight is 332 g/mol. The van der Waals surface area contributed by atoms with Crippen LogP contribution in [0.4, 0.5) is 10.5 Å². The van der Waals surface area contributed by atoms with E-state index in [9.17, 15) is 14.9 Å². The van der Waals surface area contributed by atoms with Gasteiger partial charge in [-0.3, -0.25) is 10.1 Å². The van der Waals surface area contributed by atoms with Crippen LogP contribution >= 0.6 is 0 Å². The Kier molecular flexibility index (Phi) is 5.56. The number of hydrogen-bond acceptors (Lipinski definition) is 5. The van der Waals surface area contributed by atoms with E-state index in [1.54, 1.807) is 24.3 Å². The zero-order valence-electron chi connectivity index (χ0n) is 12.9. The topological polar surface area (TPSA) is 102 Å². The number of carboxylic acid groups (broad SMARTS) is 1. The maximum atomic E-state index is 10.6. The van der Waals surface area contributed by atoms with Gasteiger partial charge in [0, 0.05) is 19.2 Å². The molecule has 0 heterocycles. The molecule has 1 amide bonds. The fourth-order valence-corrected chi connectivity index (χ4v) is 1.77. The number of rotatable bonds is 7. The Hall–Kier alpha value is -3.29. The summed E-state index contributed by atoms with van der Waals surface area (Å²) in [6.07, 6.45) is -1.01. The highest BCUT2D eigenvalue weighted by molar-refractivity contribution is 5.64. The molecule has 0 atom stereocenters. The van der Waals surface area contributed by atoms with E-state index in [1.807, 2.05) is 0 Å². The van der Waals surface area contributed by atoms with Crippen LogP contribution in [0.15, 0.2) is 48.5 Å². The van der Waals surface area contributed by atoms with Crippen molar-refractivity contribution in [2.45, 2.75) is 0 Å². The molecule has 8 heteroatoms. The van der Waals surface area contributed by atoms with Gasteiger partial charge >= 0.3 is 6.09 Å². The highest BCUT2D eigenvalue weighted by atomic mass is 16.6. The summed E-state index contributed by atoms with van der Waals surface area (Å²) in [6.45, 7) is 0.502. The summed E-state index contributed by atoms with van der Waals surface area (Å²) < 4.78 is 11.0. The molecule has 2 rings (SSSR count). The Morgan fingerprint density at radius 1 is 1.08 bits per heavy atom. The second-order valence-electron chi connectivity index (χ2n) is 4.88. The van der Waals surface area contributed by atoms with Crippen LogP contribution in [0.25, 0.3) is 0 Å². The first-order chi connectivity index (χ1) is 11.5. The van der Waals surface area contributed by atoms with E-state index in [1.165, 1.54) is 31.3 Å². The number of carbonyl (C=O) groups is 1. The second-order valence-corrected chi connectivity index (χ2v) is 4.88. The van der Waals surface area contributed by atoms with E-state index in [4.69, 9.17) is 14.6 Å². The fraction of sp³-hybridized carbons (Fsp3) is 0.188. The smallest absolute Gasteiger partial charge is 0.407 e. The van der Waals surface area contributed by atoms with Crippen LogP contribution < -0.4 is 9.47 Å². The second kappa shape index (κ2) is 7.82. The minimum Gasteiger partial charge on any atom is -0.492 e. The molecule has 126 valence electrons. The number of non-ortho nitro benzene ring substituents is 1. The van der Waals surface area contributed by atoms with Crippen LogP contribution in [0.3, 0.4) is 0 Å². The highest BCUT2D eigenvalue weighted by Crippen LogP contribution is 2.25. The molecule has 0 unspecified atom stereocenters. The monoisotopic (exact) mass is 332 g/mol. The van der Waals surface area contributed by atoms with Gasteiger partial charge in [-0.25, -0.2) is 4.79 Å². The Labute approximate surface area is 138 Å². The molecule has 0 aromatic heterocycles. The number of amides is 1. The third-order valence-corrected chi connectivity index (χ3v) is 3.13. The molecule has 2 aromatic rings. The van der Waals surface area contributed by atoms with Crippen molar-refractivity contribution in [3.05, 3.63) is 58.6 Å². The molecule has 0 saturated carbocycles. The molecule has 0 spiro atoms. The van der Waals surface area contributed by atoms with Crippen molar-refractivity contribution in [3.8, 4) is 17.2 Å². The minimum atomic E-state index is -1.01. The van der Waals surface area contributed by atoms with Crippen molar-refractivity contribution < 1.29 is 24.3 Å². The van der Waals surface area contributed by atoms with E-state index in [0.717, 1.165) is 4.90 Å². The van der Waals surface area contributed by atoms with E-state index in [0.29, 0.717) is 17.2 Å². The lowest BCUT2D eigenvalue weighted by molar-refractivity contribution is -0.384. The molecule has 8 nitrogen and oxygen atoms in total. The Morgan fingerprint density at radius 2 is 1.58 bits per heavy atom. The van der Waals surface area contributed by atoms with Gasteiger partial charge in [0.2, 0.25) is 0 Å². The average Bonchev–Trinajstić information content (AvgIpc) is 2.56. The molecule has 0 radical (unpaired) electrons. The molecule has 0 bridgehead atoms. The van der Waals surface area contributed by atoms with Crippen molar-refractivity contribution in [2.75, 3.05) is 20.2 Å². The number of hydrogen-bond donors (Lipinski definition) is 1. The van der Waals surface area contributed by atoms with Gasteiger partial charge in [0.05, 0.1) is 11.5 Å². The first kappa shape index (κ1) is 17.1. The maximum absolute atomic E-state index is 10.6. The zero-order chi connectivity index (χ0) is 17.5. The van der Waals surface area contributed by atoms with Crippen LogP contribution in [0.5, 0.6) is 17.2 Å². The standard InChI is InChI=1S/C16H16N2O6/c1-17(16(19)20)10-11-23-13-6-8-15(9-7-13)24-14-4-2-12(3-5-14)18(21)22/h2-9H,10-11H2,1H3,(H,19,20). The van der Waals surface area contributed by atoms with Gasteiger partial charge in [-0.2, -0.15) is 0 Å². The van der Waals surface area contributed by atoms with E-state index in [-0.39, 0.29) is 18.8 Å². The number of likely N-dealkylation sites (N-methyl/N-ethyl adjacent to an activating group) is 1. The predicted octanol–water partition coefficient (Wildman–Crippen LogP) is 3.38. The lowest BCUT2D eigenvalue weighted by Gasteiger charge is -2.13. The molecule has 1 N–H and O–H groups in total. The molecule has 0 aliphatic carbocycles. The third-order valence-electron chi connectivity index (χ3n) is 3.13. The summed E-state index contributed by atoms with van der Waals surface area (Å²) in [5.41, 5.74) is -0.00238. The number of nitro groups is 1. The first-order valence-corrected chi connectivity index (χ1v) is 7.05. The van der Waals surface area contributed by atoms with E-state index in [2.05, 4.69) is 0 Å². The van der Waals surface area contributed by atoms with Crippen molar-refractivity contribution >= 4 is 11.8 Å². The quantitative estimate of drug-likeness (QED) is 0.616. The van der Waals surface area contributed by atoms with Gasteiger partial charge in [-0.1, -0.05) is 0 Å². The molecule has 0 aliphatic rings. The third kappa shape index (κ3) is 4.87. The lowest BCUT2D eigenvalue weighted by atomic mass is 10.3. The first-order valence-electron chi connectivity index (χ1n) is 7.05. The van der Waals surface area contributed by atoms with Crippen LogP contribution in [-0.2, 0) is 0 Å². The number of ether oxygens (including phenoxy) is 2. The van der Waals surface area contributed by atoms with Crippen molar-refractivity contribution in [1.82, 2.24) is 4.90 Å². The van der Waals surface area contributed by atoms with Crippen LogP contribution in [0.1, 0.15) is 0 Å². The molecule has 2 aromatic carbocycles. The van der Waals surface area contributed by atoms with Gasteiger partial charge in [0.25, 0.3) is 5.69 Å². The SMILES string of the molecule is CN(CCOc1ccc(Oc2ccc([N+](=O)[O-])cc2)cc1)C(=O)O. The van der Waals surface area contributed by atoms with Gasteiger partial charge in [0.1, 0.15) is 23.9 Å². The highest BCUT2D eigenvalue weighted by Gasteiger charge is 2.06. The fourth-order valence-electron chi connectivity index (χ4n) is 1.77. The molecule has 0 saturated heterocycles. The number of benzene rings is 2. The summed E-state index contributed by atoms with van der Waals surface area (Å²) in [5.74, 6) is 1.63. The zero-order valence-corrected chi connectivity index (χ0v) is 12.9. The van der Waals surface area contributed by atoms with Gasteiger partial charge in [-0.05, 0) is 36.4 Å². The summed E-state index contributed by atoms with van der Waals surface area (Å²) in [7, 11) is 1.47. The van der Waals surface area contributed by atoms with E-state index >= 15 is 0 Å². The molecule has 24 heavy (non-hydrogen) atoms. The number of nitrogens with zero attached hydrogens (tertiary/aromatic N) is 2. The summed E-state index contributed by atoms with van der Waals surface area (Å²) in [6, 6.07) is 12.5. The van der Waals surface area contributed by atoms with Crippen molar-refractivity contribution in [3.63, 3.8) is 0 Å². The summed E-state index contributed by atoms with van der Waals surface area (Å²) >= 11 is 0. The van der Waals surface area contributed by atoms with Crippen molar-refractivity contribution in [2.24, 2.45) is 0 Å². The van der Waals surface area contributed by atoms with Crippen LogP contribution in [0, 0.1) is 10.1 Å². The summed E-state index contributed by atoms with van der Waals surface area (Å²) in [5, 5.41) is 19.3. The summed E-state index contributed by atoms with van der Waals surface area (Å²) in [4.78, 5) is 21.9. The Bertz CT molecular complexity index is 700. The largest absolute Gasteiger partial charge is 0.492 e. The van der Waals surface area contributed by atoms with Crippen LogP contribution in [-0.4, -0.2) is 41.2 Å². The minimum absolute atomic E-state index is 0.00238. The lowest BCUT2D eigenvalue weighted by Crippen LogP contribution is -2.29. The Morgan fingerprint density at radius 3 is 2.08 bits per heavy atom. The van der Waals surface area contributed by atoms with Crippen molar-refractivity contribution in [1.29, 1.82) is 0 Å². The number of nitro benzene ring substituents is 1. The normalized spacial score (nSPS) is 10.0. The van der Waals surface area contributed by atoms with Gasteiger partial charge in [-0.15, -0.1) is 0 Å². The van der Waals surface area contributed by atoms with Gasteiger partial charge < -0.3 is 19.5 Å². The predicted molar refractivity (Wildman–Crippen MR) is 85.8 cm³/mol. The maximum Gasteiger partial charge on any atom is 0.407 e. The van der Waals surface area contributed by atoms with Gasteiger partial charge in [0.15, 0.2) is 0 Å². The molecule has 0 fully saturated rings.